The summed E-state index contributed by atoms with van der Waals surface area (Å²) in [4.78, 5) is 42.6. The summed E-state index contributed by atoms with van der Waals surface area (Å²) < 4.78 is 0. The molecule has 0 unspecified atom stereocenters. The van der Waals surface area contributed by atoms with Crippen molar-refractivity contribution in [3.05, 3.63) is 66.1 Å². The highest BCUT2D eigenvalue weighted by Gasteiger charge is 2.17. The SMILES string of the molecule is CC(=O)c1ccc(-c2ccnc3[nH]c(-c4n[nH]c5cnc(-c6cncc(NC(=O)CC(C)C)c6)cc45)cc23)s1. The van der Waals surface area contributed by atoms with Gasteiger partial charge in [0.25, 0.3) is 0 Å². The predicted octanol–water partition coefficient (Wildman–Crippen LogP) is 6.48. The van der Waals surface area contributed by atoms with Crippen molar-refractivity contribution in [1.82, 2.24) is 30.1 Å². The Labute approximate surface area is 227 Å². The van der Waals surface area contributed by atoms with E-state index in [1.165, 1.54) is 11.3 Å². The van der Waals surface area contributed by atoms with E-state index in [0.29, 0.717) is 17.8 Å². The second-order valence-corrected chi connectivity index (χ2v) is 10.9. The predicted molar refractivity (Wildman–Crippen MR) is 154 cm³/mol. The van der Waals surface area contributed by atoms with Gasteiger partial charge in [-0.1, -0.05) is 13.8 Å². The molecule has 0 saturated carbocycles. The lowest BCUT2D eigenvalue weighted by molar-refractivity contribution is -0.116. The zero-order valence-corrected chi connectivity index (χ0v) is 22.4. The first-order valence-corrected chi connectivity index (χ1v) is 13.4. The second kappa shape index (κ2) is 9.88. The fraction of sp³-hybridized carbons (Fsp3) is 0.172. The smallest absolute Gasteiger partial charge is 0.224 e. The molecule has 6 aromatic heterocycles. The number of pyridine rings is 3. The molecule has 0 radical (unpaired) electrons. The zero-order valence-electron chi connectivity index (χ0n) is 21.6. The lowest BCUT2D eigenvalue weighted by atomic mass is 10.1. The highest BCUT2D eigenvalue weighted by atomic mass is 32.1. The van der Waals surface area contributed by atoms with Crippen molar-refractivity contribution >= 4 is 50.7 Å². The number of ketones is 1. The van der Waals surface area contributed by atoms with Crippen LogP contribution in [0.3, 0.4) is 0 Å². The molecule has 0 aliphatic carbocycles. The van der Waals surface area contributed by atoms with Crippen LogP contribution in [0.15, 0.2) is 61.2 Å². The first-order chi connectivity index (χ1) is 18.9. The minimum Gasteiger partial charge on any atom is -0.338 e. The molecule has 9 nitrogen and oxygen atoms in total. The maximum Gasteiger partial charge on any atom is 0.224 e. The standard InChI is InChI=1S/C29H25N7O2S/c1-15(2)8-27(38)33-18-9-17(12-30-13-18)22-11-21-24(14-32-22)35-36-28(21)23-10-20-19(6-7-31-29(20)34-23)26-5-4-25(39-26)16(3)37/h4-7,9-15H,8H2,1-3H3,(H,31,34)(H,33,38)(H,35,36). The fourth-order valence-electron chi connectivity index (χ4n) is 4.55. The fourth-order valence-corrected chi connectivity index (χ4v) is 5.49. The Morgan fingerprint density at radius 1 is 1.03 bits per heavy atom. The van der Waals surface area contributed by atoms with E-state index in [-0.39, 0.29) is 17.6 Å². The third-order valence-electron chi connectivity index (χ3n) is 6.36. The summed E-state index contributed by atoms with van der Waals surface area (Å²) in [7, 11) is 0. The van der Waals surface area contributed by atoms with Crippen molar-refractivity contribution in [2.24, 2.45) is 5.92 Å². The number of H-pyrrole nitrogens is 2. The molecule has 0 fully saturated rings. The number of aromatic nitrogens is 6. The molecule has 0 bridgehead atoms. The number of nitrogens with zero attached hydrogens (tertiary/aromatic N) is 4. The molecule has 6 aromatic rings. The molecule has 6 rings (SSSR count). The van der Waals surface area contributed by atoms with E-state index in [1.54, 1.807) is 31.7 Å². The number of carbonyl (C=O) groups is 2. The van der Waals surface area contributed by atoms with Crippen LogP contribution < -0.4 is 5.32 Å². The van der Waals surface area contributed by atoms with E-state index < -0.39 is 0 Å². The molecule has 0 saturated heterocycles. The number of hydrogen-bond donors (Lipinski definition) is 3. The van der Waals surface area contributed by atoms with Gasteiger partial charge in [0.15, 0.2) is 5.78 Å². The monoisotopic (exact) mass is 535 g/mol. The average Bonchev–Trinajstić information content (AvgIpc) is 3.65. The Morgan fingerprint density at radius 3 is 2.69 bits per heavy atom. The van der Waals surface area contributed by atoms with Crippen LogP contribution in [0.4, 0.5) is 5.69 Å². The summed E-state index contributed by atoms with van der Waals surface area (Å²) in [6, 6.07) is 11.7. The van der Waals surface area contributed by atoms with Gasteiger partial charge in [-0.05, 0) is 49.2 Å². The summed E-state index contributed by atoms with van der Waals surface area (Å²) >= 11 is 1.47. The molecule has 0 aliphatic heterocycles. The molecule has 3 N–H and O–H groups in total. The Balaban J connectivity index is 1.37. The van der Waals surface area contributed by atoms with E-state index in [4.69, 9.17) is 0 Å². The number of hydrogen-bond acceptors (Lipinski definition) is 7. The maximum atomic E-state index is 12.2. The summed E-state index contributed by atoms with van der Waals surface area (Å²) in [5.41, 5.74) is 6.20. The van der Waals surface area contributed by atoms with Gasteiger partial charge >= 0.3 is 0 Å². The Kier molecular flexibility index (Phi) is 6.24. The van der Waals surface area contributed by atoms with Gasteiger partial charge in [0.1, 0.15) is 11.3 Å². The lowest BCUT2D eigenvalue weighted by Gasteiger charge is -2.08. The summed E-state index contributed by atoms with van der Waals surface area (Å²) in [6.07, 6.45) is 7.30. The minimum absolute atomic E-state index is 0.0451. The second-order valence-electron chi connectivity index (χ2n) is 9.82. The minimum atomic E-state index is -0.0451. The molecular formula is C29H25N7O2S. The van der Waals surface area contributed by atoms with E-state index >= 15 is 0 Å². The number of nitrogens with one attached hydrogen (secondary N) is 3. The highest BCUT2D eigenvalue weighted by molar-refractivity contribution is 7.17. The van der Waals surface area contributed by atoms with Gasteiger partial charge in [-0.2, -0.15) is 5.10 Å². The van der Waals surface area contributed by atoms with Gasteiger partial charge in [0.05, 0.1) is 39.9 Å². The van der Waals surface area contributed by atoms with Crippen LogP contribution in [0.5, 0.6) is 0 Å². The molecule has 39 heavy (non-hydrogen) atoms. The van der Waals surface area contributed by atoms with Gasteiger partial charge < -0.3 is 10.3 Å². The first kappa shape index (κ1) is 24.6. The normalized spacial score (nSPS) is 11.5. The number of thiophene rings is 1. The third-order valence-corrected chi connectivity index (χ3v) is 7.58. The van der Waals surface area contributed by atoms with Crippen LogP contribution in [0.1, 0.15) is 36.9 Å². The zero-order chi connectivity index (χ0) is 27.1. The van der Waals surface area contributed by atoms with Crippen LogP contribution in [-0.2, 0) is 4.79 Å². The molecule has 6 heterocycles. The van der Waals surface area contributed by atoms with Gasteiger partial charge in [-0.15, -0.1) is 11.3 Å². The highest BCUT2D eigenvalue weighted by Crippen LogP contribution is 2.36. The summed E-state index contributed by atoms with van der Waals surface area (Å²) in [5, 5.41) is 12.4. The van der Waals surface area contributed by atoms with Crippen LogP contribution >= 0.6 is 11.3 Å². The molecule has 0 aromatic carbocycles. The number of Topliss-reactive ketones (excluding diaryl/α,β-unsaturated/α-hetero) is 1. The number of amides is 1. The molecular weight excluding hydrogens is 510 g/mol. The van der Waals surface area contributed by atoms with Crippen molar-refractivity contribution in [1.29, 1.82) is 0 Å². The van der Waals surface area contributed by atoms with Crippen LogP contribution in [0.25, 0.3) is 55.0 Å². The Hall–Kier alpha value is -4.70. The Bertz CT molecular complexity index is 1860. The molecule has 0 atom stereocenters. The first-order valence-electron chi connectivity index (χ1n) is 12.5. The van der Waals surface area contributed by atoms with E-state index in [0.717, 1.165) is 54.2 Å². The summed E-state index contributed by atoms with van der Waals surface area (Å²) in [5.74, 6) is 0.276. The third kappa shape index (κ3) is 4.82. The molecule has 194 valence electrons. The molecule has 0 aliphatic rings. The number of rotatable bonds is 7. The van der Waals surface area contributed by atoms with Crippen LogP contribution in [-0.4, -0.2) is 41.8 Å². The van der Waals surface area contributed by atoms with Gasteiger partial charge in [-0.25, -0.2) is 4.98 Å². The number of aromatic amines is 2. The van der Waals surface area contributed by atoms with Crippen molar-refractivity contribution in [2.45, 2.75) is 27.2 Å². The van der Waals surface area contributed by atoms with E-state index in [1.807, 2.05) is 50.2 Å². The van der Waals surface area contributed by atoms with Crippen LogP contribution in [0.2, 0.25) is 0 Å². The van der Waals surface area contributed by atoms with Gasteiger partial charge in [-0.3, -0.25) is 24.7 Å². The molecule has 1 amide bonds. The van der Waals surface area contributed by atoms with Gasteiger partial charge in [0.2, 0.25) is 5.91 Å². The van der Waals surface area contributed by atoms with Crippen molar-refractivity contribution in [3.63, 3.8) is 0 Å². The van der Waals surface area contributed by atoms with Crippen LogP contribution in [0, 0.1) is 5.92 Å². The van der Waals surface area contributed by atoms with E-state index in [2.05, 4.69) is 35.5 Å². The van der Waals surface area contributed by atoms with Gasteiger partial charge in [0, 0.05) is 45.6 Å². The average molecular weight is 536 g/mol. The Morgan fingerprint density at radius 2 is 1.90 bits per heavy atom. The van der Waals surface area contributed by atoms with E-state index in [9.17, 15) is 9.59 Å². The largest absolute Gasteiger partial charge is 0.338 e. The number of carbonyl (C=O) groups excluding carboxylic acids is 2. The van der Waals surface area contributed by atoms with Crippen molar-refractivity contribution in [3.8, 4) is 33.1 Å². The molecule has 0 spiro atoms. The topological polar surface area (TPSA) is 129 Å². The summed E-state index contributed by atoms with van der Waals surface area (Å²) in [6.45, 7) is 5.59. The van der Waals surface area contributed by atoms with Crippen molar-refractivity contribution in [2.75, 3.05) is 5.32 Å². The number of fused-ring (bicyclic) bond motifs is 2. The quantitative estimate of drug-likeness (QED) is 0.201. The number of anilines is 1. The lowest BCUT2D eigenvalue weighted by Crippen LogP contribution is -2.13. The maximum absolute atomic E-state index is 12.2. The molecule has 10 heteroatoms. The van der Waals surface area contributed by atoms with Crippen molar-refractivity contribution < 1.29 is 9.59 Å².